The zero-order valence-corrected chi connectivity index (χ0v) is 13.1. The third-order valence-corrected chi connectivity index (χ3v) is 4.71. The van der Waals surface area contributed by atoms with Crippen molar-refractivity contribution in [1.82, 2.24) is 5.32 Å². The average molecular weight is 324 g/mol. The molecule has 1 aromatic carbocycles. The number of hydrogen-bond donors (Lipinski definition) is 1. The third kappa shape index (κ3) is 3.44. The van der Waals surface area contributed by atoms with E-state index in [1.54, 1.807) is 0 Å². The number of benzene rings is 1. The first-order valence-electron chi connectivity index (χ1n) is 6.22. The molecule has 1 nitrogen and oxygen atoms in total. The molecule has 2 rings (SSSR count). The Morgan fingerprint density at radius 2 is 1.94 bits per heavy atom. The van der Waals surface area contributed by atoms with Crippen LogP contribution in [0, 0.1) is 6.92 Å². The molecule has 0 saturated carbocycles. The predicted molar refractivity (Wildman–Crippen MR) is 83.1 cm³/mol. The molecule has 18 heavy (non-hydrogen) atoms. The van der Waals surface area contributed by atoms with Crippen molar-refractivity contribution < 1.29 is 0 Å². The molecule has 1 N–H and O–H groups in total. The molecule has 1 aromatic heterocycles. The maximum absolute atomic E-state index is 3.64. The van der Waals surface area contributed by atoms with Gasteiger partial charge in [-0.15, -0.1) is 11.3 Å². The van der Waals surface area contributed by atoms with Crippen LogP contribution in [-0.4, -0.2) is 0 Å². The quantitative estimate of drug-likeness (QED) is 0.810. The lowest BCUT2D eigenvalue weighted by Crippen LogP contribution is -2.20. The van der Waals surface area contributed by atoms with Gasteiger partial charge in [-0.05, 0) is 48.1 Å². The highest BCUT2D eigenvalue weighted by atomic mass is 79.9. The van der Waals surface area contributed by atoms with Gasteiger partial charge in [0, 0.05) is 21.9 Å². The lowest BCUT2D eigenvalue weighted by atomic mass is 10.0. The zero-order chi connectivity index (χ0) is 13.0. The van der Waals surface area contributed by atoms with Crippen molar-refractivity contribution in [3.05, 3.63) is 56.2 Å². The van der Waals surface area contributed by atoms with E-state index >= 15 is 0 Å². The average Bonchev–Trinajstić information content (AvgIpc) is 2.78. The second-order valence-electron chi connectivity index (χ2n) is 4.42. The highest BCUT2D eigenvalue weighted by molar-refractivity contribution is 9.10. The molecule has 0 radical (unpaired) electrons. The number of aryl methyl sites for hydroxylation is 1. The van der Waals surface area contributed by atoms with E-state index in [1.807, 2.05) is 11.3 Å². The number of halogens is 1. The number of nitrogens with one attached hydrogen (secondary N) is 1. The van der Waals surface area contributed by atoms with Gasteiger partial charge >= 0.3 is 0 Å². The summed E-state index contributed by atoms with van der Waals surface area (Å²) in [5.74, 6) is 0. The Balaban J connectivity index is 2.01. The van der Waals surface area contributed by atoms with E-state index < -0.39 is 0 Å². The van der Waals surface area contributed by atoms with Crippen LogP contribution >= 0.6 is 27.3 Å². The Hall–Kier alpha value is -0.640. The van der Waals surface area contributed by atoms with Gasteiger partial charge in [0.05, 0.1) is 0 Å². The van der Waals surface area contributed by atoms with Crippen LogP contribution in [0.25, 0.3) is 0 Å². The van der Waals surface area contributed by atoms with Gasteiger partial charge in [-0.2, -0.15) is 0 Å². The largest absolute Gasteiger partial charge is 0.305 e. The molecule has 1 unspecified atom stereocenters. The molecule has 96 valence electrons. The predicted octanol–water partition coefficient (Wildman–Crippen LogP) is 5.06. The molecule has 0 aliphatic carbocycles. The summed E-state index contributed by atoms with van der Waals surface area (Å²) in [5.41, 5.74) is 2.74. The summed E-state index contributed by atoms with van der Waals surface area (Å²) in [5, 5.41) is 5.80. The van der Waals surface area contributed by atoms with E-state index in [1.165, 1.54) is 16.0 Å². The molecule has 3 heteroatoms. The van der Waals surface area contributed by atoms with Crippen LogP contribution in [0.3, 0.4) is 0 Å². The van der Waals surface area contributed by atoms with Crippen LogP contribution in [0.4, 0.5) is 0 Å². The molecular formula is C15H18BrNS. The SMILES string of the molecule is CCC(NCc1sccc1C)c1ccc(Br)cc1. The van der Waals surface area contributed by atoms with Gasteiger partial charge in [-0.3, -0.25) is 0 Å². The maximum atomic E-state index is 3.64. The summed E-state index contributed by atoms with van der Waals surface area (Å²) in [6, 6.07) is 11.2. The van der Waals surface area contributed by atoms with Gasteiger partial charge in [-0.25, -0.2) is 0 Å². The smallest absolute Gasteiger partial charge is 0.0320 e. The van der Waals surface area contributed by atoms with E-state index in [-0.39, 0.29) is 0 Å². The second-order valence-corrected chi connectivity index (χ2v) is 6.34. The fraction of sp³-hybridized carbons (Fsp3) is 0.333. The lowest BCUT2D eigenvalue weighted by Gasteiger charge is -2.17. The summed E-state index contributed by atoms with van der Waals surface area (Å²) in [6.45, 7) is 5.35. The molecule has 0 spiro atoms. The van der Waals surface area contributed by atoms with E-state index in [9.17, 15) is 0 Å². The maximum Gasteiger partial charge on any atom is 0.0320 e. The fourth-order valence-corrected chi connectivity index (χ4v) is 3.12. The topological polar surface area (TPSA) is 12.0 Å². The highest BCUT2D eigenvalue weighted by Crippen LogP contribution is 2.21. The standard InChI is InChI=1S/C15H18BrNS/c1-3-14(12-4-6-13(16)7-5-12)17-10-15-11(2)8-9-18-15/h4-9,14,17H,3,10H2,1-2H3. The van der Waals surface area contributed by atoms with Crippen molar-refractivity contribution in [2.24, 2.45) is 0 Å². The molecule has 0 aliphatic heterocycles. The van der Waals surface area contributed by atoms with Crippen molar-refractivity contribution in [3.8, 4) is 0 Å². The summed E-state index contributed by atoms with van der Waals surface area (Å²) in [7, 11) is 0. The summed E-state index contributed by atoms with van der Waals surface area (Å²) in [4.78, 5) is 1.44. The molecule has 0 amide bonds. The van der Waals surface area contributed by atoms with Gasteiger partial charge in [0.15, 0.2) is 0 Å². The number of hydrogen-bond acceptors (Lipinski definition) is 2. The molecule has 0 saturated heterocycles. The molecule has 0 bridgehead atoms. The number of thiophene rings is 1. The van der Waals surface area contributed by atoms with E-state index in [4.69, 9.17) is 0 Å². The van der Waals surface area contributed by atoms with Crippen molar-refractivity contribution in [2.45, 2.75) is 32.9 Å². The highest BCUT2D eigenvalue weighted by Gasteiger charge is 2.09. The van der Waals surface area contributed by atoms with Crippen LogP contribution in [0.5, 0.6) is 0 Å². The van der Waals surface area contributed by atoms with Crippen molar-refractivity contribution in [3.63, 3.8) is 0 Å². The number of rotatable bonds is 5. The van der Waals surface area contributed by atoms with E-state index in [0.29, 0.717) is 6.04 Å². The molecule has 1 heterocycles. The lowest BCUT2D eigenvalue weighted by molar-refractivity contribution is 0.521. The van der Waals surface area contributed by atoms with Crippen molar-refractivity contribution in [1.29, 1.82) is 0 Å². The summed E-state index contributed by atoms with van der Waals surface area (Å²) < 4.78 is 1.13. The Kier molecular flexibility index (Phi) is 4.98. The van der Waals surface area contributed by atoms with E-state index in [0.717, 1.165) is 17.4 Å². The minimum absolute atomic E-state index is 0.430. The van der Waals surface area contributed by atoms with Gasteiger partial charge < -0.3 is 5.32 Å². The molecule has 1 atom stereocenters. The molecule has 0 aliphatic rings. The third-order valence-electron chi connectivity index (χ3n) is 3.16. The normalized spacial score (nSPS) is 12.6. The van der Waals surface area contributed by atoms with Crippen molar-refractivity contribution >= 4 is 27.3 Å². The Morgan fingerprint density at radius 3 is 2.50 bits per heavy atom. The first kappa shape index (κ1) is 13.8. The van der Waals surface area contributed by atoms with Gasteiger partial charge in [0.1, 0.15) is 0 Å². The van der Waals surface area contributed by atoms with Gasteiger partial charge in [-0.1, -0.05) is 35.0 Å². The van der Waals surface area contributed by atoms with Crippen molar-refractivity contribution in [2.75, 3.05) is 0 Å². The molecule has 0 fully saturated rings. The first-order valence-corrected chi connectivity index (χ1v) is 7.89. The molecular weight excluding hydrogens is 306 g/mol. The summed E-state index contributed by atoms with van der Waals surface area (Å²) >= 11 is 5.31. The summed E-state index contributed by atoms with van der Waals surface area (Å²) in [6.07, 6.45) is 1.10. The minimum atomic E-state index is 0.430. The molecule has 2 aromatic rings. The Bertz CT molecular complexity index is 489. The van der Waals surface area contributed by atoms with Crippen LogP contribution < -0.4 is 5.32 Å². The van der Waals surface area contributed by atoms with Crippen LogP contribution in [0.2, 0.25) is 0 Å². The first-order chi connectivity index (χ1) is 8.70. The van der Waals surface area contributed by atoms with Crippen LogP contribution in [0.1, 0.15) is 35.4 Å². The Morgan fingerprint density at radius 1 is 1.22 bits per heavy atom. The fourth-order valence-electron chi connectivity index (χ4n) is 1.99. The monoisotopic (exact) mass is 323 g/mol. The van der Waals surface area contributed by atoms with Gasteiger partial charge in [0.2, 0.25) is 0 Å². The minimum Gasteiger partial charge on any atom is -0.305 e. The second kappa shape index (κ2) is 6.50. The Labute approximate surface area is 121 Å². The van der Waals surface area contributed by atoms with E-state index in [2.05, 4.69) is 70.8 Å². The zero-order valence-electron chi connectivity index (χ0n) is 10.7. The van der Waals surface area contributed by atoms with Gasteiger partial charge in [0.25, 0.3) is 0 Å². The van der Waals surface area contributed by atoms with Crippen LogP contribution in [-0.2, 0) is 6.54 Å². The van der Waals surface area contributed by atoms with Crippen LogP contribution in [0.15, 0.2) is 40.2 Å².